The van der Waals surface area contributed by atoms with Crippen molar-refractivity contribution in [2.75, 3.05) is 10.2 Å². The maximum absolute atomic E-state index is 6.75. The predicted molar refractivity (Wildman–Crippen MR) is 261 cm³/mol. The van der Waals surface area contributed by atoms with Crippen LogP contribution in [-0.2, 0) is 0 Å². The van der Waals surface area contributed by atoms with Gasteiger partial charge in [-0.05, 0) is 106 Å². The Labute approximate surface area is 361 Å². The van der Waals surface area contributed by atoms with Gasteiger partial charge in [-0.15, -0.1) is 0 Å². The van der Waals surface area contributed by atoms with Gasteiger partial charge in [0.05, 0.1) is 11.4 Å². The highest BCUT2D eigenvalue weighted by atomic mass is 16.3. The summed E-state index contributed by atoms with van der Waals surface area (Å²) in [5.41, 5.74) is 16.8. The number of hydrogen-bond acceptors (Lipinski definition) is 5. The number of nitrogens with two attached hydrogens (primary N) is 1. The van der Waals surface area contributed by atoms with Crippen LogP contribution in [0.2, 0.25) is 0 Å². The molecule has 1 aromatic heterocycles. The van der Waals surface area contributed by atoms with E-state index in [1.165, 1.54) is 5.56 Å². The maximum atomic E-state index is 6.75. The van der Waals surface area contributed by atoms with Gasteiger partial charge in [0.1, 0.15) is 11.2 Å². The number of furan rings is 1. The number of para-hydroxylation sites is 1. The molecule has 1 aliphatic rings. The summed E-state index contributed by atoms with van der Waals surface area (Å²) in [5.74, 6) is 5.97. The van der Waals surface area contributed by atoms with Gasteiger partial charge in [-0.25, -0.2) is 0 Å². The monoisotopic (exact) mass is 798 g/mol. The first-order valence-electron chi connectivity index (χ1n) is 20.7. The second kappa shape index (κ2) is 16.7. The average molecular weight is 799 g/mol. The lowest BCUT2D eigenvalue weighted by Gasteiger charge is -2.25. The molecule has 0 unspecified atom stereocenters. The molecule has 0 bridgehead atoms. The van der Waals surface area contributed by atoms with Crippen LogP contribution in [0.15, 0.2) is 241 Å². The Morgan fingerprint density at radius 3 is 2.05 bits per heavy atom. The summed E-state index contributed by atoms with van der Waals surface area (Å²) in [7, 11) is 0. The summed E-state index contributed by atoms with van der Waals surface area (Å²) in [4.78, 5) is 2.20. The van der Waals surface area contributed by atoms with E-state index in [9.17, 15) is 0 Å². The first-order chi connectivity index (χ1) is 30.6. The zero-order chi connectivity index (χ0) is 41.8. The molecule has 0 radical (unpaired) electrons. The fourth-order valence-electron chi connectivity index (χ4n) is 8.30. The maximum Gasteiger partial charge on any atom is 0.145 e. The number of hydrazone groups is 1. The predicted octanol–water partition coefficient (Wildman–Crippen LogP) is 14.7. The molecule has 0 saturated heterocycles. The average Bonchev–Trinajstić information content (AvgIpc) is 3.70. The van der Waals surface area contributed by atoms with Gasteiger partial charge >= 0.3 is 0 Å². The molecule has 2 heterocycles. The van der Waals surface area contributed by atoms with Crippen molar-refractivity contribution < 1.29 is 4.42 Å². The van der Waals surface area contributed by atoms with Crippen LogP contribution < -0.4 is 16.1 Å². The third-order valence-corrected chi connectivity index (χ3v) is 11.4. The minimum absolute atomic E-state index is 0.702. The van der Waals surface area contributed by atoms with E-state index in [4.69, 9.17) is 10.3 Å². The fraction of sp³-hybridized carbons (Fsp3) is 0. The lowest BCUT2D eigenvalue weighted by molar-refractivity contribution is 0.668. The van der Waals surface area contributed by atoms with Crippen molar-refractivity contribution in [2.24, 2.45) is 10.9 Å². The van der Waals surface area contributed by atoms with Crippen LogP contribution in [0.1, 0.15) is 22.3 Å². The Morgan fingerprint density at radius 1 is 0.597 bits per heavy atom. The van der Waals surface area contributed by atoms with Gasteiger partial charge in [-0.2, -0.15) is 5.10 Å². The fourth-order valence-corrected chi connectivity index (χ4v) is 8.30. The Balaban J connectivity index is 0.996. The number of allylic oxidation sites excluding steroid dienone is 5. The molecule has 10 rings (SSSR count). The van der Waals surface area contributed by atoms with Gasteiger partial charge < -0.3 is 20.5 Å². The lowest BCUT2D eigenvalue weighted by Crippen LogP contribution is -2.11. The Morgan fingerprint density at radius 2 is 1.27 bits per heavy atom. The van der Waals surface area contributed by atoms with Crippen molar-refractivity contribution in [3.8, 4) is 22.3 Å². The minimum atomic E-state index is 0.702. The quantitative estimate of drug-likeness (QED) is 0.0867. The normalized spacial score (nSPS) is 14.0. The molecular formula is C57H42N4O. The summed E-state index contributed by atoms with van der Waals surface area (Å²) in [5, 5.41) is 9.95. The molecule has 0 amide bonds. The molecule has 3 N–H and O–H groups in total. The summed E-state index contributed by atoms with van der Waals surface area (Å²) in [6.45, 7) is 4.53. The van der Waals surface area contributed by atoms with Gasteiger partial charge in [0, 0.05) is 50.7 Å². The van der Waals surface area contributed by atoms with E-state index >= 15 is 0 Å². The second-order valence-corrected chi connectivity index (χ2v) is 15.2. The molecular weight excluding hydrogens is 757 g/mol. The highest BCUT2D eigenvalue weighted by Crippen LogP contribution is 2.43. The van der Waals surface area contributed by atoms with Gasteiger partial charge in [0.25, 0.3) is 0 Å². The molecule has 5 nitrogen and oxygen atoms in total. The standard InChI is InChI=1S/C57H42N4O/c1-39-16-13-14-35-61(47-30-27-42(28-31-47)50(41-19-7-3-8-20-41)38-53(60-58)43-21-9-4-10-22-43)54-33-32-49-51-37-45(29-34-55(51)62-57(49)56(39)54)44-23-15-24-46(36-44)59-52-26-12-11-25-48(52)40-17-5-2-6-18-40/h2-38,59H,1,58H2/b16-13-,35-14-,50-38-,60-53+. The Hall–Kier alpha value is -8.41. The number of rotatable bonds is 9. The van der Waals surface area contributed by atoms with E-state index < -0.39 is 0 Å². The molecule has 296 valence electrons. The van der Waals surface area contributed by atoms with Crippen LogP contribution in [0.5, 0.6) is 0 Å². The molecule has 0 saturated carbocycles. The molecule has 0 fully saturated rings. The molecule has 1 aliphatic heterocycles. The molecule has 8 aromatic carbocycles. The minimum Gasteiger partial charge on any atom is -0.455 e. The third kappa shape index (κ3) is 7.40. The zero-order valence-corrected chi connectivity index (χ0v) is 33.9. The number of anilines is 4. The van der Waals surface area contributed by atoms with Crippen LogP contribution in [0, 0.1) is 0 Å². The Bertz CT molecular complexity index is 3210. The van der Waals surface area contributed by atoms with Gasteiger partial charge in [0.2, 0.25) is 0 Å². The largest absolute Gasteiger partial charge is 0.455 e. The van der Waals surface area contributed by atoms with Crippen molar-refractivity contribution >= 4 is 61.5 Å². The second-order valence-electron chi connectivity index (χ2n) is 15.2. The smallest absolute Gasteiger partial charge is 0.145 e. The van der Waals surface area contributed by atoms with Crippen LogP contribution >= 0.6 is 0 Å². The number of nitrogens with one attached hydrogen (secondary N) is 1. The van der Waals surface area contributed by atoms with Crippen LogP contribution in [0.25, 0.3) is 55.3 Å². The van der Waals surface area contributed by atoms with Crippen molar-refractivity contribution in [2.45, 2.75) is 0 Å². The lowest BCUT2D eigenvalue weighted by atomic mass is 9.94. The molecule has 0 spiro atoms. The van der Waals surface area contributed by atoms with Crippen molar-refractivity contribution in [1.82, 2.24) is 0 Å². The van der Waals surface area contributed by atoms with E-state index in [1.54, 1.807) is 0 Å². The first kappa shape index (κ1) is 37.8. The van der Waals surface area contributed by atoms with Crippen LogP contribution in [-0.4, -0.2) is 5.71 Å². The number of fused-ring (bicyclic) bond motifs is 5. The number of benzene rings is 8. The zero-order valence-electron chi connectivity index (χ0n) is 33.9. The topological polar surface area (TPSA) is 66.8 Å². The van der Waals surface area contributed by atoms with E-state index in [1.807, 2.05) is 72.8 Å². The highest BCUT2D eigenvalue weighted by molar-refractivity contribution is 6.14. The van der Waals surface area contributed by atoms with Crippen LogP contribution in [0.4, 0.5) is 22.7 Å². The number of hydrogen-bond donors (Lipinski definition) is 2. The van der Waals surface area contributed by atoms with Crippen molar-refractivity contribution in [3.05, 3.63) is 253 Å². The number of nitrogens with zero attached hydrogens (tertiary/aromatic N) is 2. The van der Waals surface area contributed by atoms with E-state index in [2.05, 4.69) is 174 Å². The highest BCUT2D eigenvalue weighted by Gasteiger charge is 2.22. The van der Waals surface area contributed by atoms with Gasteiger partial charge in [0.15, 0.2) is 0 Å². The summed E-state index contributed by atoms with van der Waals surface area (Å²) in [6, 6.07) is 67.2. The molecule has 0 aliphatic carbocycles. The van der Waals surface area contributed by atoms with E-state index in [0.717, 1.165) is 94.8 Å². The van der Waals surface area contributed by atoms with Gasteiger partial charge in [-0.1, -0.05) is 158 Å². The van der Waals surface area contributed by atoms with Crippen molar-refractivity contribution in [1.29, 1.82) is 0 Å². The van der Waals surface area contributed by atoms with Crippen LogP contribution in [0.3, 0.4) is 0 Å². The molecule has 5 heteroatoms. The van der Waals surface area contributed by atoms with E-state index in [-0.39, 0.29) is 0 Å². The van der Waals surface area contributed by atoms with E-state index in [0.29, 0.717) is 5.71 Å². The van der Waals surface area contributed by atoms with Crippen molar-refractivity contribution in [3.63, 3.8) is 0 Å². The molecule has 0 atom stereocenters. The summed E-state index contributed by atoms with van der Waals surface area (Å²) in [6.07, 6.45) is 10.3. The summed E-state index contributed by atoms with van der Waals surface area (Å²) >= 11 is 0. The Kier molecular flexibility index (Phi) is 10.2. The third-order valence-electron chi connectivity index (χ3n) is 11.4. The molecule has 9 aromatic rings. The van der Waals surface area contributed by atoms with Gasteiger partial charge in [-0.3, -0.25) is 0 Å². The SMILES string of the molecule is C=C1/C=C\C=C/N(c2ccc(/C(=C\C(=N/N)c3ccccc3)c3ccccc3)cc2)c2ccc3c(oc4ccc(-c5cccc(Nc6ccccc6-c6ccccc6)c5)cc43)c21. The first-order valence-corrected chi connectivity index (χ1v) is 20.7. The summed E-state index contributed by atoms with van der Waals surface area (Å²) < 4.78 is 6.75. The molecule has 62 heavy (non-hydrogen) atoms.